The van der Waals surface area contributed by atoms with Crippen LogP contribution in [0.15, 0.2) is 18.6 Å². The lowest BCUT2D eigenvalue weighted by atomic mass is 9.36. The van der Waals surface area contributed by atoms with E-state index in [-0.39, 0.29) is 0 Å². The van der Waals surface area contributed by atoms with Crippen molar-refractivity contribution in [2.45, 2.75) is 78.1 Å². The Kier molecular flexibility index (Phi) is 2.96. The summed E-state index contributed by atoms with van der Waals surface area (Å²) in [5, 5.41) is 8.30. The Labute approximate surface area is 161 Å². The van der Waals surface area contributed by atoms with Crippen molar-refractivity contribution in [3.63, 3.8) is 0 Å². The third-order valence-corrected chi connectivity index (χ3v) is 7.94. The molecule has 0 amide bonds. The van der Waals surface area contributed by atoms with Gasteiger partial charge in [-0.3, -0.25) is 4.40 Å². The van der Waals surface area contributed by atoms with E-state index in [4.69, 9.17) is 4.74 Å². The van der Waals surface area contributed by atoms with Gasteiger partial charge in [0.1, 0.15) is 12.1 Å². The van der Waals surface area contributed by atoms with Crippen LogP contribution < -0.4 is 4.74 Å². The molecule has 7 rings (SSSR count). The third-order valence-electron chi connectivity index (χ3n) is 7.94. The molecule has 2 aromatic heterocycles. The molecule has 0 aromatic carbocycles. The summed E-state index contributed by atoms with van der Waals surface area (Å²) in [5.74, 6) is 1.73. The lowest BCUT2D eigenvalue weighted by Crippen LogP contribution is -2.60. The van der Waals surface area contributed by atoms with Gasteiger partial charge in [0, 0.05) is 23.2 Å². The first-order chi connectivity index (χ1) is 12.8. The van der Waals surface area contributed by atoms with Crippen molar-refractivity contribution < 1.29 is 4.74 Å². The van der Waals surface area contributed by atoms with Crippen LogP contribution in [-0.4, -0.2) is 21.2 Å². The monoisotopic (exact) mass is 365 g/mol. The SMILES string of the molecule is CC12CC3(C)CC(C)(C1)CC(COc1cc4nncn4cc1C1CC1)(C2)C3. The molecule has 5 aliphatic rings. The molecule has 0 spiro atoms. The quantitative estimate of drug-likeness (QED) is 0.731. The van der Waals surface area contributed by atoms with E-state index in [1.165, 1.54) is 56.9 Å². The Bertz CT molecular complexity index is 873. The number of hydrogen-bond acceptors (Lipinski definition) is 3. The van der Waals surface area contributed by atoms with Crippen molar-refractivity contribution in [1.82, 2.24) is 14.6 Å². The number of aromatic nitrogens is 3. The molecule has 2 heterocycles. The van der Waals surface area contributed by atoms with E-state index in [0.717, 1.165) is 18.0 Å². The summed E-state index contributed by atoms with van der Waals surface area (Å²) >= 11 is 0. The Hall–Kier alpha value is -1.58. The minimum absolute atomic E-state index is 0.355. The van der Waals surface area contributed by atoms with Crippen LogP contribution in [0, 0.1) is 21.7 Å². The molecule has 5 fully saturated rings. The molecule has 0 N–H and O–H groups in total. The van der Waals surface area contributed by atoms with Gasteiger partial charge in [-0.05, 0) is 73.5 Å². The lowest BCUT2D eigenvalue weighted by Gasteiger charge is -2.69. The maximum atomic E-state index is 6.65. The van der Waals surface area contributed by atoms with Crippen molar-refractivity contribution in [3.8, 4) is 5.75 Å². The molecule has 144 valence electrons. The van der Waals surface area contributed by atoms with E-state index in [1.807, 2.05) is 4.40 Å². The molecule has 5 aliphatic carbocycles. The van der Waals surface area contributed by atoms with Crippen molar-refractivity contribution in [2.75, 3.05) is 6.61 Å². The number of rotatable bonds is 4. The number of ether oxygens (including phenoxy) is 1. The molecular weight excluding hydrogens is 334 g/mol. The maximum Gasteiger partial charge on any atom is 0.164 e. The number of hydrogen-bond donors (Lipinski definition) is 0. The van der Waals surface area contributed by atoms with Gasteiger partial charge in [0.05, 0.1) is 6.61 Å². The predicted octanol–water partition coefficient (Wildman–Crippen LogP) is 5.37. The predicted molar refractivity (Wildman–Crippen MR) is 105 cm³/mol. The summed E-state index contributed by atoms with van der Waals surface area (Å²) in [6.45, 7) is 8.52. The zero-order valence-electron chi connectivity index (χ0n) is 16.9. The average molecular weight is 366 g/mol. The highest BCUT2D eigenvalue weighted by Gasteiger charge is 2.64. The lowest BCUT2D eigenvalue weighted by molar-refractivity contribution is -0.192. The standard InChI is InChI=1S/C23H31N3O/c1-20-8-21(2)10-22(3,9-20)13-23(11-20,12-21)14-27-18-6-19-25-24-15-26(19)7-17(18)16-4-5-16/h6-7,15-16H,4-5,8-14H2,1-3H3. The van der Waals surface area contributed by atoms with Gasteiger partial charge in [-0.1, -0.05) is 20.8 Å². The van der Waals surface area contributed by atoms with E-state index >= 15 is 0 Å². The van der Waals surface area contributed by atoms with Crippen molar-refractivity contribution in [2.24, 2.45) is 21.7 Å². The fourth-order valence-electron chi connectivity index (χ4n) is 8.64. The second kappa shape index (κ2) is 4.87. The van der Waals surface area contributed by atoms with Gasteiger partial charge in [-0.2, -0.15) is 0 Å². The van der Waals surface area contributed by atoms with Gasteiger partial charge in [0.25, 0.3) is 0 Å². The molecule has 2 aromatic rings. The van der Waals surface area contributed by atoms with E-state index in [1.54, 1.807) is 6.33 Å². The zero-order chi connectivity index (χ0) is 18.5. The summed E-state index contributed by atoms with van der Waals surface area (Å²) < 4.78 is 8.69. The summed E-state index contributed by atoms with van der Waals surface area (Å²) in [6.07, 6.45) is 14.8. The fourth-order valence-corrected chi connectivity index (χ4v) is 8.64. The number of fused-ring (bicyclic) bond motifs is 1. The smallest absolute Gasteiger partial charge is 0.164 e. The first kappa shape index (κ1) is 16.4. The highest BCUT2D eigenvalue weighted by molar-refractivity contribution is 5.49. The van der Waals surface area contributed by atoms with Gasteiger partial charge in [-0.15, -0.1) is 10.2 Å². The van der Waals surface area contributed by atoms with Crippen LogP contribution in [0.5, 0.6) is 5.75 Å². The Balaban J connectivity index is 1.33. The first-order valence-electron chi connectivity index (χ1n) is 10.7. The topological polar surface area (TPSA) is 39.4 Å². The van der Waals surface area contributed by atoms with Crippen molar-refractivity contribution in [3.05, 3.63) is 24.2 Å². The molecule has 0 radical (unpaired) electrons. The molecule has 4 nitrogen and oxygen atoms in total. The Morgan fingerprint density at radius 2 is 1.63 bits per heavy atom. The summed E-state index contributed by atoms with van der Waals surface area (Å²) in [7, 11) is 0. The van der Waals surface area contributed by atoms with Crippen LogP contribution in [-0.2, 0) is 0 Å². The van der Waals surface area contributed by atoms with Gasteiger partial charge in [-0.25, -0.2) is 0 Å². The maximum absolute atomic E-state index is 6.65. The molecule has 0 saturated heterocycles. The average Bonchev–Trinajstić information content (AvgIpc) is 3.26. The third kappa shape index (κ3) is 2.55. The second-order valence-corrected chi connectivity index (χ2v) is 11.7. The zero-order valence-corrected chi connectivity index (χ0v) is 16.9. The van der Waals surface area contributed by atoms with Crippen LogP contribution in [0.3, 0.4) is 0 Å². The van der Waals surface area contributed by atoms with Crippen molar-refractivity contribution >= 4 is 5.65 Å². The minimum atomic E-state index is 0.355. The van der Waals surface area contributed by atoms with Crippen LogP contribution in [0.1, 0.15) is 83.6 Å². The van der Waals surface area contributed by atoms with E-state index in [0.29, 0.717) is 27.6 Å². The van der Waals surface area contributed by atoms with Crippen LogP contribution in [0.2, 0.25) is 0 Å². The summed E-state index contributed by atoms with van der Waals surface area (Å²) in [4.78, 5) is 0. The highest BCUT2D eigenvalue weighted by Crippen LogP contribution is 2.73. The Morgan fingerprint density at radius 1 is 1.00 bits per heavy atom. The molecular formula is C23H31N3O. The molecule has 4 heteroatoms. The summed E-state index contributed by atoms with van der Waals surface area (Å²) in [5.41, 5.74) is 4.14. The van der Waals surface area contributed by atoms with Gasteiger partial charge < -0.3 is 4.74 Å². The van der Waals surface area contributed by atoms with E-state index < -0.39 is 0 Å². The highest BCUT2D eigenvalue weighted by atomic mass is 16.5. The van der Waals surface area contributed by atoms with Crippen molar-refractivity contribution in [1.29, 1.82) is 0 Å². The van der Waals surface area contributed by atoms with E-state index in [9.17, 15) is 0 Å². The molecule has 0 unspecified atom stereocenters. The normalized spacial score (nSPS) is 42.8. The molecule has 0 atom stereocenters. The minimum Gasteiger partial charge on any atom is -0.493 e. The fraction of sp³-hybridized carbons (Fsp3) is 0.739. The number of nitrogens with zero attached hydrogens (tertiary/aromatic N) is 3. The molecule has 5 saturated carbocycles. The van der Waals surface area contributed by atoms with Crippen LogP contribution in [0.25, 0.3) is 5.65 Å². The van der Waals surface area contributed by atoms with Gasteiger partial charge >= 0.3 is 0 Å². The van der Waals surface area contributed by atoms with E-state index in [2.05, 4.69) is 43.2 Å². The van der Waals surface area contributed by atoms with Gasteiger partial charge in [0.2, 0.25) is 0 Å². The second-order valence-electron chi connectivity index (χ2n) is 11.7. The summed E-state index contributed by atoms with van der Waals surface area (Å²) in [6, 6.07) is 2.12. The Morgan fingerprint density at radius 3 is 2.22 bits per heavy atom. The van der Waals surface area contributed by atoms with Crippen LogP contribution in [0.4, 0.5) is 0 Å². The number of pyridine rings is 1. The van der Waals surface area contributed by atoms with Crippen LogP contribution >= 0.6 is 0 Å². The first-order valence-corrected chi connectivity index (χ1v) is 10.7. The molecule has 27 heavy (non-hydrogen) atoms. The molecule has 4 bridgehead atoms. The largest absolute Gasteiger partial charge is 0.493 e. The van der Waals surface area contributed by atoms with Gasteiger partial charge in [0.15, 0.2) is 5.65 Å². The molecule has 0 aliphatic heterocycles.